The Hall–Kier alpha value is -1.17. The molecule has 0 saturated carbocycles. The molecule has 0 atom stereocenters. The van der Waals surface area contributed by atoms with Crippen LogP contribution in [0.3, 0.4) is 0 Å². The fourth-order valence-corrected chi connectivity index (χ4v) is 3.96. The average molecular weight is 318 g/mol. The number of imidazole rings is 1. The van der Waals surface area contributed by atoms with Gasteiger partial charge in [-0.05, 0) is 49.5 Å². The van der Waals surface area contributed by atoms with Gasteiger partial charge in [-0.3, -0.25) is 9.80 Å². The highest BCUT2D eigenvalue weighted by molar-refractivity contribution is 7.10. The lowest BCUT2D eigenvalue weighted by Gasteiger charge is -2.19. The van der Waals surface area contributed by atoms with Crippen LogP contribution >= 0.6 is 11.3 Å². The zero-order valence-electron chi connectivity index (χ0n) is 13.7. The van der Waals surface area contributed by atoms with Gasteiger partial charge in [0.25, 0.3) is 0 Å². The number of rotatable bonds is 7. The third-order valence-corrected chi connectivity index (χ3v) is 5.40. The van der Waals surface area contributed by atoms with Crippen molar-refractivity contribution in [1.82, 2.24) is 19.4 Å². The van der Waals surface area contributed by atoms with E-state index in [1.807, 2.05) is 23.7 Å². The summed E-state index contributed by atoms with van der Waals surface area (Å²) in [7, 11) is 2.06. The predicted molar refractivity (Wildman–Crippen MR) is 91.8 cm³/mol. The summed E-state index contributed by atoms with van der Waals surface area (Å²) < 4.78 is 2.11. The highest BCUT2D eigenvalue weighted by atomic mass is 32.1. The number of likely N-dealkylation sites (tertiary alicyclic amines) is 1. The van der Waals surface area contributed by atoms with Crippen LogP contribution in [0, 0.1) is 0 Å². The minimum Gasteiger partial charge on any atom is -0.337 e. The van der Waals surface area contributed by atoms with E-state index in [2.05, 4.69) is 44.8 Å². The van der Waals surface area contributed by atoms with E-state index >= 15 is 0 Å². The van der Waals surface area contributed by atoms with Gasteiger partial charge in [0.15, 0.2) is 0 Å². The average Bonchev–Trinajstić information content (AvgIpc) is 3.24. The molecule has 120 valence electrons. The molecule has 0 aliphatic carbocycles. The first-order valence-electron chi connectivity index (χ1n) is 8.22. The molecule has 0 radical (unpaired) electrons. The standard InChI is InChI=1S/C17H26N4S/c1-3-20(13-17-18-6-9-19(17)2)12-16-10-15(14-22-16)11-21-7-4-5-8-21/h6,9-10,14H,3-5,7-8,11-13H2,1-2H3. The van der Waals surface area contributed by atoms with E-state index in [0.29, 0.717) is 0 Å². The summed E-state index contributed by atoms with van der Waals surface area (Å²) in [4.78, 5) is 10.9. The summed E-state index contributed by atoms with van der Waals surface area (Å²) in [5.74, 6) is 1.13. The second-order valence-corrected chi connectivity index (χ2v) is 7.16. The second-order valence-electron chi connectivity index (χ2n) is 6.16. The van der Waals surface area contributed by atoms with Crippen LogP contribution in [0.15, 0.2) is 23.8 Å². The SMILES string of the molecule is CCN(Cc1cc(CN2CCCC2)cs1)Cc1nccn1C. The second kappa shape index (κ2) is 7.40. The highest BCUT2D eigenvalue weighted by Gasteiger charge is 2.14. The highest BCUT2D eigenvalue weighted by Crippen LogP contribution is 2.20. The summed E-state index contributed by atoms with van der Waals surface area (Å²) in [5.41, 5.74) is 1.48. The molecule has 2 aromatic heterocycles. The minimum absolute atomic E-state index is 0.916. The third-order valence-electron chi connectivity index (χ3n) is 4.43. The Labute approximate surface area is 137 Å². The normalized spacial score (nSPS) is 16.0. The maximum atomic E-state index is 4.44. The van der Waals surface area contributed by atoms with Gasteiger partial charge in [-0.15, -0.1) is 11.3 Å². The molecule has 1 aliphatic rings. The van der Waals surface area contributed by atoms with Gasteiger partial charge in [0.05, 0.1) is 6.54 Å². The molecular weight excluding hydrogens is 292 g/mol. The van der Waals surface area contributed by atoms with Gasteiger partial charge in [0.2, 0.25) is 0 Å². The van der Waals surface area contributed by atoms with Crippen molar-refractivity contribution < 1.29 is 0 Å². The topological polar surface area (TPSA) is 24.3 Å². The quantitative estimate of drug-likeness (QED) is 0.784. The molecule has 0 N–H and O–H groups in total. The monoisotopic (exact) mass is 318 g/mol. The van der Waals surface area contributed by atoms with Crippen molar-refractivity contribution in [3.05, 3.63) is 40.1 Å². The third kappa shape index (κ3) is 3.97. The molecule has 4 nitrogen and oxygen atoms in total. The lowest BCUT2D eigenvalue weighted by atomic mass is 10.3. The first-order chi connectivity index (χ1) is 10.7. The van der Waals surface area contributed by atoms with Crippen LogP contribution in [0.25, 0.3) is 0 Å². The number of thiophene rings is 1. The van der Waals surface area contributed by atoms with Crippen LogP contribution in [0.4, 0.5) is 0 Å². The smallest absolute Gasteiger partial charge is 0.122 e. The van der Waals surface area contributed by atoms with Gasteiger partial charge >= 0.3 is 0 Å². The van der Waals surface area contributed by atoms with E-state index in [1.165, 1.54) is 36.4 Å². The van der Waals surface area contributed by atoms with Gasteiger partial charge in [-0.2, -0.15) is 0 Å². The summed E-state index contributed by atoms with van der Waals surface area (Å²) in [6.45, 7) is 8.88. The molecule has 1 fully saturated rings. The Morgan fingerprint density at radius 2 is 2.09 bits per heavy atom. The Balaban J connectivity index is 1.56. The predicted octanol–water partition coefficient (Wildman–Crippen LogP) is 3.10. The fourth-order valence-electron chi connectivity index (χ4n) is 3.04. The Kier molecular flexibility index (Phi) is 5.28. The molecule has 1 saturated heterocycles. The molecule has 0 aromatic carbocycles. The molecule has 0 bridgehead atoms. The first kappa shape index (κ1) is 15.7. The molecule has 0 unspecified atom stereocenters. The van der Waals surface area contributed by atoms with Crippen LogP contribution in [0.1, 0.15) is 36.0 Å². The van der Waals surface area contributed by atoms with Crippen molar-refractivity contribution in [2.45, 2.75) is 39.4 Å². The van der Waals surface area contributed by atoms with E-state index in [9.17, 15) is 0 Å². The zero-order chi connectivity index (χ0) is 15.4. The molecule has 5 heteroatoms. The van der Waals surface area contributed by atoms with E-state index in [0.717, 1.165) is 32.0 Å². The largest absolute Gasteiger partial charge is 0.337 e. The molecule has 22 heavy (non-hydrogen) atoms. The maximum absolute atomic E-state index is 4.44. The number of hydrogen-bond acceptors (Lipinski definition) is 4. The van der Waals surface area contributed by atoms with E-state index < -0.39 is 0 Å². The number of aromatic nitrogens is 2. The zero-order valence-corrected chi connectivity index (χ0v) is 14.5. The van der Waals surface area contributed by atoms with Crippen LogP contribution in [0.5, 0.6) is 0 Å². The summed E-state index contributed by atoms with van der Waals surface area (Å²) in [6, 6.07) is 2.39. The van der Waals surface area contributed by atoms with E-state index in [4.69, 9.17) is 0 Å². The summed E-state index contributed by atoms with van der Waals surface area (Å²) in [5, 5.41) is 2.34. The van der Waals surface area contributed by atoms with Crippen LogP contribution in [-0.4, -0.2) is 39.0 Å². The van der Waals surface area contributed by atoms with Gasteiger partial charge in [0.1, 0.15) is 5.82 Å². The van der Waals surface area contributed by atoms with Crippen molar-refractivity contribution in [2.75, 3.05) is 19.6 Å². The first-order valence-corrected chi connectivity index (χ1v) is 9.09. The molecule has 1 aliphatic heterocycles. The summed E-state index contributed by atoms with van der Waals surface area (Å²) >= 11 is 1.90. The molecule has 3 heterocycles. The molecule has 0 amide bonds. The van der Waals surface area contributed by atoms with Crippen molar-refractivity contribution >= 4 is 11.3 Å². The van der Waals surface area contributed by atoms with Gasteiger partial charge < -0.3 is 4.57 Å². The van der Waals surface area contributed by atoms with Gasteiger partial charge in [-0.25, -0.2) is 4.98 Å². The molecular formula is C17H26N4S. The number of nitrogens with zero attached hydrogens (tertiary/aromatic N) is 4. The van der Waals surface area contributed by atoms with Crippen LogP contribution < -0.4 is 0 Å². The Morgan fingerprint density at radius 1 is 1.27 bits per heavy atom. The van der Waals surface area contributed by atoms with Gasteiger partial charge in [-0.1, -0.05) is 6.92 Å². The lowest BCUT2D eigenvalue weighted by Crippen LogP contribution is -2.23. The van der Waals surface area contributed by atoms with E-state index in [-0.39, 0.29) is 0 Å². The number of aryl methyl sites for hydroxylation is 1. The van der Waals surface area contributed by atoms with Crippen molar-refractivity contribution in [1.29, 1.82) is 0 Å². The fraction of sp³-hybridized carbons (Fsp3) is 0.588. The van der Waals surface area contributed by atoms with E-state index in [1.54, 1.807) is 0 Å². The maximum Gasteiger partial charge on any atom is 0.122 e. The Bertz CT molecular complexity index is 583. The van der Waals surface area contributed by atoms with Crippen LogP contribution in [-0.2, 0) is 26.7 Å². The lowest BCUT2D eigenvalue weighted by molar-refractivity contribution is 0.264. The molecule has 2 aromatic rings. The van der Waals surface area contributed by atoms with Crippen LogP contribution in [0.2, 0.25) is 0 Å². The summed E-state index contributed by atoms with van der Waals surface area (Å²) in [6.07, 6.45) is 6.62. The van der Waals surface area contributed by atoms with Crippen molar-refractivity contribution in [3.8, 4) is 0 Å². The molecule has 0 spiro atoms. The van der Waals surface area contributed by atoms with Gasteiger partial charge in [0, 0.05) is 37.4 Å². The van der Waals surface area contributed by atoms with Crippen molar-refractivity contribution in [2.24, 2.45) is 7.05 Å². The Morgan fingerprint density at radius 3 is 2.77 bits per heavy atom. The molecule has 3 rings (SSSR count). The minimum atomic E-state index is 0.916. The number of hydrogen-bond donors (Lipinski definition) is 0. The van der Waals surface area contributed by atoms with Crippen molar-refractivity contribution in [3.63, 3.8) is 0 Å².